The topological polar surface area (TPSA) is 82.4 Å². The summed E-state index contributed by atoms with van der Waals surface area (Å²) in [5, 5.41) is 14.5. The maximum Gasteiger partial charge on any atom is 0.237 e. The number of ether oxygens (including phenoxy) is 1. The van der Waals surface area contributed by atoms with Crippen LogP contribution in [0, 0.1) is 17.2 Å². The van der Waals surface area contributed by atoms with Crippen LogP contribution in [0.25, 0.3) is 0 Å². The third kappa shape index (κ3) is 4.51. The largest absolute Gasteiger partial charge is 0.494 e. The lowest BCUT2D eigenvalue weighted by Crippen LogP contribution is -2.49. The lowest BCUT2D eigenvalue weighted by atomic mass is 9.68. The molecule has 2 heterocycles. The molecule has 0 saturated heterocycles. The quantitative estimate of drug-likeness (QED) is 0.603. The van der Waals surface area contributed by atoms with Gasteiger partial charge in [0.25, 0.3) is 0 Å². The van der Waals surface area contributed by atoms with Crippen LogP contribution >= 0.6 is 11.8 Å². The lowest BCUT2D eigenvalue weighted by Gasteiger charge is -2.42. The van der Waals surface area contributed by atoms with Crippen molar-refractivity contribution in [3.05, 3.63) is 70.3 Å². The van der Waals surface area contributed by atoms with Crippen molar-refractivity contribution in [2.24, 2.45) is 5.92 Å². The Morgan fingerprint density at radius 1 is 1.22 bits per heavy atom. The molecule has 36 heavy (non-hydrogen) atoms. The first kappa shape index (κ1) is 24.5. The zero-order valence-electron chi connectivity index (χ0n) is 20.7. The molecule has 0 radical (unpaired) electrons. The smallest absolute Gasteiger partial charge is 0.237 e. The summed E-state index contributed by atoms with van der Waals surface area (Å²) < 4.78 is 5.59. The number of nitrogens with one attached hydrogen (secondary N) is 1. The number of nitrogens with zero attached hydrogens (tertiary/aromatic N) is 2. The number of nitriles is 1. The summed E-state index contributed by atoms with van der Waals surface area (Å²) in [7, 11) is 0. The van der Waals surface area contributed by atoms with Gasteiger partial charge in [-0.2, -0.15) is 5.26 Å². The van der Waals surface area contributed by atoms with E-state index in [2.05, 4.69) is 24.4 Å². The number of carbonyl (C=O) groups excluding carboxylic acids is 2. The van der Waals surface area contributed by atoms with Crippen LogP contribution in [0.15, 0.2) is 59.1 Å². The van der Waals surface area contributed by atoms with Gasteiger partial charge in [-0.3, -0.25) is 9.59 Å². The number of fused-ring (bicyclic) bond motifs is 2. The summed E-state index contributed by atoms with van der Waals surface area (Å²) in [6, 6.07) is 18.3. The van der Waals surface area contributed by atoms with Crippen molar-refractivity contribution in [2.75, 3.05) is 17.3 Å². The Hall–Kier alpha value is -3.24. The number of ketones is 1. The summed E-state index contributed by atoms with van der Waals surface area (Å²) in [6.45, 7) is 4.59. The Bertz CT molecular complexity index is 1230. The van der Waals surface area contributed by atoms with Gasteiger partial charge in [-0.25, -0.2) is 0 Å². The van der Waals surface area contributed by atoms with Crippen LogP contribution in [-0.2, 0) is 16.0 Å². The number of Topliss-reactive ketones (excluding diaryl/α,β-unsaturated/α-hetero) is 1. The predicted octanol–water partition coefficient (Wildman–Crippen LogP) is 4.96. The standard InChI is InChI=1S/C29H31N3O3S/c1-3-35-21-13-11-19(12-14-21)27-22(16-30)29(31-23-8-6-10-25(33)28(23)27)36-17-26(34)32-18(2)15-20-7-4-5-9-24(20)32/h4-5,7,9,11-14,18,23,27-28,31H,3,6,8,10,15,17H2,1-2H3/t18-,23-,27+,28+/m0/s1. The fourth-order valence-electron chi connectivity index (χ4n) is 5.91. The van der Waals surface area contributed by atoms with Crippen molar-refractivity contribution in [1.29, 1.82) is 5.26 Å². The number of anilines is 1. The Morgan fingerprint density at radius 2 is 2.00 bits per heavy atom. The summed E-state index contributed by atoms with van der Waals surface area (Å²) in [4.78, 5) is 28.3. The second-order valence-electron chi connectivity index (χ2n) is 9.70. The van der Waals surface area contributed by atoms with Crippen LogP contribution in [0.1, 0.15) is 50.2 Å². The molecule has 0 aromatic heterocycles. The highest BCUT2D eigenvalue weighted by atomic mass is 32.2. The molecule has 0 unspecified atom stereocenters. The van der Waals surface area contributed by atoms with E-state index in [0.29, 0.717) is 18.6 Å². The predicted molar refractivity (Wildman–Crippen MR) is 142 cm³/mol. The molecule has 3 aliphatic rings. The van der Waals surface area contributed by atoms with Gasteiger partial charge in [0, 0.05) is 36.0 Å². The monoisotopic (exact) mass is 501 g/mol. The summed E-state index contributed by atoms with van der Waals surface area (Å²) in [5.41, 5.74) is 3.65. The number of hydrogen-bond donors (Lipinski definition) is 1. The van der Waals surface area contributed by atoms with Gasteiger partial charge in [0.1, 0.15) is 11.5 Å². The van der Waals surface area contributed by atoms with E-state index in [0.717, 1.165) is 41.3 Å². The molecule has 4 atom stereocenters. The zero-order chi connectivity index (χ0) is 25.2. The van der Waals surface area contributed by atoms with E-state index in [9.17, 15) is 14.9 Å². The van der Waals surface area contributed by atoms with Gasteiger partial charge in [0.15, 0.2) is 0 Å². The van der Waals surface area contributed by atoms with E-state index >= 15 is 0 Å². The lowest BCUT2D eigenvalue weighted by molar-refractivity contribution is -0.126. The third-order valence-electron chi connectivity index (χ3n) is 7.46. The van der Waals surface area contributed by atoms with Crippen molar-refractivity contribution in [3.8, 4) is 11.8 Å². The van der Waals surface area contributed by atoms with Crippen molar-refractivity contribution in [1.82, 2.24) is 5.32 Å². The maximum absolute atomic E-state index is 13.3. The molecule has 0 bridgehead atoms. The van der Waals surface area contributed by atoms with Gasteiger partial charge in [-0.05, 0) is 62.4 Å². The van der Waals surface area contributed by atoms with E-state index in [1.807, 2.05) is 54.3 Å². The average molecular weight is 502 g/mol. The number of allylic oxidation sites excluding steroid dienone is 1. The zero-order valence-corrected chi connectivity index (χ0v) is 21.5. The Balaban J connectivity index is 1.43. The van der Waals surface area contributed by atoms with Crippen LogP contribution in [-0.4, -0.2) is 36.1 Å². The Labute approximate surface area is 216 Å². The first-order valence-corrected chi connectivity index (χ1v) is 13.7. The minimum absolute atomic E-state index is 0.0310. The molecule has 0 spiro atoms. The first-order valence-electron chi connectivity index (χ1n) is 12.7. The van der Waals surface area contributed by atoms with Crippen LogP contribution < -0.4 is 15.0 Å². The molecule has 1 N–H and O–H groups in total. The van der Waals surface area contributed by atoms with Crippen LogP contribution in [0.3, 0.4) is 0 Å². The molecule has 2 aromatic carbocycles. The molecule has 1 saturated carbocycles. The first-order chi connectivity index (χ1) is 17.5. The van der Waals surface area contributed by atoms with E-state index in [1.54, 1.807) is 0 Å². The van der Waals surface area contributed by atoms with Crippen LogP contribution in [0.2, 0.25) is 0 Å². The molecule has 1 fully saturated rings. The van der Waals surface area contributed by atoms with E-state index in [1.165, 1.54) is 17.3 Å². The van der Waals surface area contributed by atoms with Gasteiger partial charge in [-0.1, -0.05) is 42.1 Å². The van der Waals surface area contributed by atoms with E-state index < -0.39 is 0 Å². The van der Waals surface area contributed by atoms with Crippen molar-refractivity contribution < 1.29 is 14.3 Å². The van der Waals surface area contributed by atoms with Gasteiger partial charge < -0.3 is 15.0 Å². The normalized spacial score (nSPS) is 25.0. The minimum atomic E-state index is -0.325. The highest BCUT2D eigenvalue weighted by Gasteiger charge is 2.45. The van der Waals surface area contributed by atoms with Gasteiger partial charge in [-0.15, -0.1) is 0 Å². The fraction of sp³-hybridized carbons (Fsp3) is 0.414. The highest BCUT2D eigenvalue weighted by Crippen LogP contribution is 2.45. The molecule has 2 aliphatic heterocycles. The number of rotatable bonds is 6. The third-order valence-corrected chi connectivity index (χ3v) is 8.48. The summed E-state index contributed by atoms with van der Waals surface area (Å²) >= 11 is 1.39. The molecule has 7 heteroatoms. The number of hydrogen-bond acceptors (Lipinski definition) is 6. The van der Waals surface area contributed by atoms with Crippen LogP contribution in [0.5, 0.6) is 5.75 Å². The summed E-state index contributed by atoms with van der Waals surface area (Å²) in [6.07, 6.45) is 3.10. The van der Waals surface area contributed by atoms with E-state index in [4.69, 9.17) is 4.74 Å². The number of benzene rings is 2. The van der Waals surface area contributed by atoms with Gasteiger partial charge >= 0.3 is 0 Å². The Morgan fingerprint density at radius 3 is 2.75 bits per heavy atom. The SMILES string of the molecule is CCOc1ccc([C@@H]2C(C#N)=C(SCC(=O)N3c4ccccc4C[C@@H]3C)N[C@H]3CCCC(=O)[C@@H]32)cc1. The molecular formula is C29H31N3O3S. The van der Waals surface area contributed by atoms with Gasteiger partial charge in [0.05, 0.1) is 29.0 Å². The molecule has 5 rings (SSSR count). The van der Waals surface area contributed by atoms with Crippen LogP contribution in [0.4, 0.5) is 5.69 Å². The second-order valence-corrected chi connectivity index (χ2v) is 10.7. The van der Waals surface area contributed by atoms with Crippen molar-refractivity contribution in [2.45, 2.75) is 57.5 Å². The molecule has 2 aromatic rings. The van der Waals surface area contributed by atoms with Crippen molar-refractivity contribution >= 4 is 29.1 Å². The number of thioether (sulfide) groups is 1. The van der Waals surface area contributed by atoms with Crippen molar-refractivity contribution in [3.63, 3.8) is 0 Å². The summed E-state index contributed by atoms with van der Waals surface area (Å²) in [5.74, 6) is 0.625. The van der Waals surface area contributed by atoms with E-state index in [-0.39, 0.29) is 41.4 Å². The minimum Gasteiger partial charge on any atom is -0.494 e. The Kier molecular flexibility index (Phi) is 7.06. The molecular weight excluding hydrogens is 470 g/mol. The average Bonchev–Trinajstić information content (AvgIpc) is 3.23. The molecule has 6 nitrogen and oxygen atoms in total. The number of para-hydroxylation sites is 1. The molecule has 186 valence electrons. The fourth-order valence-corrected chi connectivity index (χ4v) is 6.88. The maximum atomic E-state index is 13.3. The number of carbonyl (C=O) groups is 2. The molecule has 1 aliphatic carbocycles. The van der Waals surface area contributed by atoms with Gasteiger partial charge in [0.2, 0.25) is 5.91 Å². The number of amides is 1. The second kappa shape index (κ2) is 10.4. The molecule has 1 amide bonds. The highest BCUT2D eigenvalue weighted by molar-refractivity contribution is 8.03.